The Morgan fingerprint density at radius 3 is 1.15 bits per heavy atom. The molecule has 0 amide bonds. The molecule has 0 saturated heterocycles. The zero-order chi connectivity index (χ0) is 37.3. The summed E-state index contributed by atoms with van der Waals surface area (Å²) in [7, 11) is 0. The number of rotatable bonds is 9. The first-order valence-corrected chi connectivity index (χ1v) is 17.4. The average Bonchev–Trinajstić information content (AvgIpc) is 3.68. The molecule has 0 saturated carbocycles. The number of ether oxygens (including phenoxy) is 1. The van der Waals surface area contributed by atoms with Gasteiger partial charge in [-0.15, -0.1) is 11.6 Å². The summed E-state index contributed by atoms with van der Waals surface area (Å²) in [5.41, 5.74) is 2.13. The summed E-state index contributed by atoms with van der Waals surface area (Å²) in [4.78, 5) is 11.8. The van der Waals surface area contributed by atoms with E-state index in [2.05, 4.69) is 41.5 Å². The maximum Gasteiger partial charge on any atom is 0.436 e. The number of hydrogen-bond acceptors (Lipinski definition) is 3. The smallest absolute Gasteiger partial charge is 0.436 e. The lowest BCUT2D eigenvalue weighted by Crippen LogP contribution is -2.38. The number of esters is 1. The van der Waals surface area contributed by atoms with Crippen LogP contribution in [0.5, 0.6) is 0 Å². The van der Waals surface area contributed by atoms with Crippen LogP contribution in [0.25, 0.3) is 0 Å². The van der Waals surface area contributed by atoms with Crippen molar-refractivity contribution < 1.29 is 22.7 Å². The third kappa shape index (κ3) is 7.52. The maximum absolute atomic E-state index is 14.0. The van der Waals surface area contributed by atoms with Gasteiger partial charge in [0.25, 0.3) is 0 Å². The number of aromatic nitrogens is 2. The van der Waals surface area contributed by atoms with Crippen LogP contribution in [0.3, 0.4) is 0 Å². The van der Waals surface area contributed by atoms with Crippen molar-refractivity contribution in [2.75, 3.05) is 6.61 Å². The first-order chi connectivity index (χ1) is 25.7. The van der Waals surface area contributed by atoms with Gasteiger partial charge in [-0.05, 0) is 40.3 Å². The lowest BCUT2D eigenvalue weighted by Gasteiger charge is -2.36. The van der Waals surface area contributed by atoms with E-state index in [9.17, 15) is 18.0 Å². The minimum Gasteiger partial charge on any atom is -0.462 e. The second-order valence-electron chi connectivity index (χ2n) is 12.1. The second-order valence-corrected chi connectivity index (χ2v) is 12.7. The Morgan fingerprint density at radius 2 is 0.868 bits per heavy atom. The van der Waals surface area contributed by atoms with Gasteiger partial charge in [-0.1, -0.05) is 182 Å². The molecule has 0 radical (unpaired) electrons. The molecule has 0 N–H and O–H groups in total. The van der Waals surface area contributed by atoms with Gasteiger partial charge in [-0.25, -0.2) is 4.79 Å². The van der Waals surface area contributed by atoms with Gasteiger partial charge in [0.1, 0.15) is 16.0 Å². The fourth-order valence-corrected chi connectivity index (χ4v) is 6.93. The van der Waals surface area contributed by atoms with Crippen molar-refractivity contribution in [1.82, 2.24) is 9.78 Å². The number of halogens is 4. The molecule has 0 aliphatic carbocycles. The molecule has 6 aromatic carbocycles. The highest BCUT2D eigenvalue weighted by atomic mass is 35.5. The van der Waals surface area contributed by atoms with E-state index in [1.165, 1.54) is 11.6 Å². The fraction of sp³-hybridized carbons (Fsp3) is 0.111. The number of carbonyl (C=O) groups is 1. The molecular formula is C45H36ClF3N2O2. The van der Waals surface area contributed by atoms with Gasteiger partial charge in [0.15, 0.2) is 5.69 Å². The van der Waals surface area contributed by atoms with Crippen LogP contribution in [0, 0.1) is 0 Å². The van der Waals surface area contributed by atoms with Gasteiger partial charge in [0.05, 0.1) is 6.61 Å². The predicted molar refractivity (Wildman–Crippen MR) is 203 cm³/mol. The van der Waals surface area contributed by atoms with Crippen LogP contribution < -0.4 is 0 Å². The molecule has 266 valence electrons. The standard InChI is InChI=1S/C26H21F3N2O2.C19H15Cl/c1-2-33-24(32)22-18-31(30-23(22)26(27,28)29)25(19-12-6-3-7-13-19,20-14-8-4-9-15-20)21-16-10-5-11-17-21;20-19(16-10-4-1-5-11-16,17-12-6-2-7-13-17)18-14-8-3-9-15-18/h3-18H,2H2,1H3;1-15H. The lowest BCUT2D eigenvalue weighted by molar-refractivity contribution is -0.142. The van der Waals surface area contributed by atoms with Crippen molar-refractivity contribution in [1.29, 1.82) is 0 Å². The highest BCUT2D eigenvalue weighted by Crippen LogP contribution is 2.44. The summed E-state index contributed by atoms with van der Waals surface area (Å²) in [6.07, 6.45) is -3.71. The lowest BCUT2D eigenvalue weighted by atomic mass is 9.77. The minimum absolute atomic E-state index is 0.0531. The molecule has 0 spiro atoms. The van der Waals surface area contributed by atoms with Crippen LogP contribution in [-0.4, -0.2) is 22.4 Å². The highest BCUT2D eigenvalue weighted by Gasteiger charge is 2.45. The maximum atomic E-state index is 14.0. The second kappa shape index (κ2) is 16.2. The van der Waals surface area contributed by atoms with E-state index in [1.807, 2.05) is 146 Å². The molecule has 7 rings (SSSR count). The molecule has 8 heteroatoms. The Balaban J connectivity index is 0.000000204. The number of alkyl halides is 4. The van der Waals surface area contributed by atoms with Crippen molar-refractivity contribution in [2.45, 2.75) is 23.5 Å². The van der Waals surface area contributed by atoms with Gasteiger partial charge in [-0.3, -0.25) is 4.68 Å². The Morgan fingerprint density at radius 1 is 0.566 bits per heavy atom. The largest absolute Gasteiger partial charge is 0.462 e. The summed E-state index contributed by atoms with van der Waals surface area (Å²) in [6, 6.07) is 58.0. The van der Waals surface area contributed by atoms with Crippen molar-refractivity contribution in [3.05, 3.63) is 233 Å². The first-order valence-electron chi connectivity index (χ1n) is 17.1. The van der Waals surface area contributed by atoms with Gasteiger partial charge >= 0.3 is 12.1 Å². The summed E-state index contributed by atoms with van der Waals surface area (Å²) in [5.74, 6) is -1.07. The molecule has 0 aliphatic heterocycles. The number of benzene rings is 6. The molecule has 1 aromatic heterocycles. The summed E-state index contributed by atoms with van der Waals surface area (Å²) in [5, 5.41) is 3.98. The molecule has 53 heavy (non-hydrogen) atoms. The molecular weight excluding hydrogens is 693 g/mol. The number of hydrogen-bond donors (Lipinski definition) is 0. The van der Waals surface area contributed by atoms with Crippen LogP contribution in [0.15, 0.2) is 188 Å². The first kappa shape index (κ1) is 36.9. The zero-order valence-electron chi connectivity index (χ0n) is 28.8. The quantitative estimate of drug-likeness (QED) is 0.0844. The Kier molecular flexibility index (Phi) is 11.3. The van der Waals surface area contributed by atoms with Gasteiger partial charge in [0, 0.05) is 6.20 Å². The number of nitrogens with zero attached hydrogens (tertiary/aromatic N) is 2. The van der Waals surface area contributed by atoms with E-state index in [0.717, 1.165) is 22.9 Å². The van der Waals surface area contributed by atoms with Crippen molar-refractivity contribution in [3.63, 3.8) is 0 Å². The van der Waals surface area contributed by atoms with Crippen LogP contribution in [0.2, 0.25) is 0 Å². The van der Waals surface area contributed by atoms with Crippen molar-refractivity contribution in [3.8, 4) is 0 Å². The summed E-state index contributed by atoms with van der Waals surface area (Å²) < 4.78 is 48.1. The van der Waals surface area contributed by atoms with E-state index in [-0.39, 0.29) is 6.61 Å². The average molecular weight is 729 g/mol. The predicted octanol–water partition coefficient (Wildman–Crippen LogP) is 11.1. The third-order valence-corrected chi connectivity index (χ3v) is 9.57. The Hall–Kier alpha value is -5.92. The van der Waals surface area contributed by atoms with E-state index in [4.69, 9.17) is 16.3 Å². The Labute approximate surface area is 312 Å². The third-order valence-electron chi connectivity index (χ3n) is 8.91. The molecule has 4 nitrogen and oxygen atoms in total. The molecule has 1 heterocycles. The van der Waals surface area contributed by atoms with Crippen molar-refractivity contribution >= 4 is 17.6 Å². The van der Waals surface area contributed by atoms with E-state index in [0.29, 0.717) is 16.7 Å². The minimum atomic E-state index is -4.84. The summed E-state index contributed by atoms with van der Waals surface area (Å²) >= 11 is 7.12. The van der Waals surface area contributed by atoms with Crippen LogP contribution in [0.4, 0.5) is 13.2 Å². The molecule has 0 atom stereocenters. The van der Waals surface area contributed by atoms with Gasteiger partial charge in [-0.2, -0.15) is 18.3 Å². The molecule has 7 aromatic rings. The van der Waals surface area contributed by atoms with E-state index in [1.54, 1.807) is 0 Å². The van der Waals surface area contributed by atoms with E-state index < -0.39 is 33.8 Å². The van der Waals surface area contributed by atoms with Gasteiger partial charge < -0.3 is 4.74 Å². The molecule has 0 aliphatic rings. The Bertz CT molecular complexity index is 2000. The fourth-order valence-electron chi connectivity index (χ4n) is 6.55. The van der Waals surface area contributed by atoms with Crippen LogP contribution in [-0.2, 0) is 21.3 Å². The summed E-state index contributed by atoms with van der Waals surface area (Å²) in [6.45, 7) is 1.49. The molecule has 0 unspecified atom stereocenters. The molecule has 0 fully saturated rings. The van der Waals surface area contributed by atoms with E-state index >= 15 is 0 Å². The van der Waals surface area contributed by atoms with Crippen LogP contribution in [0.1, 0.15) is 56.4 Å². The highest BCUT2D eigenvalue weighted by molar-refractivity contribution is 6.28. The SMILES string of the molecule is CCOC(=O)c1cn(C(c2ccccc2)(c2ccccc2)c2ccccc2)nc1C(F)(F)F.ClC(c1ccccc1)(c1ccccc1)c1ccccc1. The number of carbonyl (C=O) groups excluding carboxylic acids is 1. The monoisotopic (exact) mass is 728 g/mol. The topological polar surface area (TPSA) is 44.1 Å². The zero-order valence-corrected chi connectivity index (χ0v) is 29.6. The molecule has 0 bridgehead atoms. The van der Waals surface area contributed by atoms with Gasteiger partial charge in [0.2, 0.25) is 0 Å². The van der Waals surface area contributed by atoms with Crippen molar-refractivity contribution in [2.24, 2.45) is 0 Å². The van der Waals surface area contributed by atoms with Crippen LogP contribution >= 0.6 is 11.6 Å². The normalized spacial score (nSPS) is 11.6.